The van der Waals surface area contributed by atoms with Crippen molar-refractivity contribution >= 4 is 0 Å². The first kappa shape index (κ1) is 4.89. The van der Waals surface area contributed by atoms with Gasteiger partial charge in [-0.05, 0) is 32.1 Å². The van der Waals surface area contributed by atoms with Crippen LogP contribution in [0.15, 0.2) is 12.2 Å². The molecule has 1 unspecified atom stereocenters. The molecule has 1 aliphatic rings. The smallest absolute Gasteiger partial charge is 0.0199 e. The van der Waals surface area contributed by atoms with Crippen LogP contribution in [0.3, 0.4) is 0 Å². The lowest BCUT2D eigenvalue weighted by Crippen LogP contribution is -2.00. The Bertz CT molecular complexity index is 72.1. The first-order valence-corrected chi connectivity index (χ1v) is 2.80. The molecule has 2 radical (unpaired) electrons. The number of rotatable bonds is 2. The SMILES string of the molecule is [CH]CCC1C=CC1. The molecule has 0 spiro atoms. The highest BCUT2D eigenvalue weighted by Crippen LogP contribution is 2.20. The quantitative estimate of drug-likeness (QED) is 0.459. The molecule has 0 bridgehead atoms. The third-order valence-corrected chi connectivity index (χ3v) is 1.38. The maximum Gasteiger partial charge on any atom is -0.0199 e. The van der Waals surface area contributed by atoms with Gasteiger partial charge in [0.1, 0.15) is 0 Å². The molecule has 0 nitrogen and oxygen atoms in total. The Morgan fingerprint density at radius 1 is 1.71 bits per heavy atom. The Balaban J connectivity index is 2.06. The Kier molecular flexibility index (Phi) is 1.50. The maximum atomic E-state index is 5.30. The monoisotopic (exact) mass is 94.1 g/mol. The average Bonchev–Trinajstić information content (AvgIpc) is 1.55. The van der Waals surface area contributed by atoms with Crippen molar-refractivity contribution in [1.82, 2.24) is 0 Å². The summed E-state index contributed by atoms with van der Waals surface area (Å²) in [5.41, 5.74) is 0. The zero-order chi connectivity index (χ0) is 5.11. The normalized spacial score (nSPS) is 27.3. The van der Waals surface area contributed by atoms with Crippen LogP contribution in [0.1, 0.15) is 19.3 Å². The van der Waals surface area contributed by atoms with Crippen LogP contribution < -0.4 is 0 Å². The summed E-state index contributed by atoms with van der Waals surface area (Å²) in [7, 11) is 0. The first-order valence-electron chi connectivity index (χ1n) is 2.80. The molecule has 1 atom stereocenters. The van der Waals surface area contributed by atoms with E-state index in [1.54, 1.807) is 0 Å². The summed E-state index contributed by atoms with van der Waals surface area (Å²) in [6.07, 6.45) is 7.70. The Labute approximate surface area is 45.2 Å². The topological polar surface area (TPSA) is 0 Å². The van der Waals surface area contributed by atoms with E-state index in [0.29, 0.717) is 0 Å². The lowest BCUT2D eigenvalue weighted by atomic mass is 9.91. The molecule has 38 valence electrons. The highest BCUT2D eigenvalue weighted by molar-refractivity contribution is 5.01. The van der Waals surface area contributed by atoms with Crippen LogP contribution in [0.5, 0.6) is 0 Å². The molecule has 0 fully saturated rings. The van der Waals surface area contributed by atoms with E-state index >= 15 is 0 Å². The molecule has 0 aromatic heterocycles. The van der Waals surface area contributed by atoms with Crippen molar-refractivity contribution in [2.24, 2.45) is 5.92 Å². The summed E-state index contributed by atoms with van der Waals surface area (Å²) < 4.78 is 0. The predicted octanol–water partition coefficient (Wildman–Crippen LogP) is 2.05. The molecule has 7 heavy (non-hydrogen) atoms. The van der Waals surface area contributed by atoms with E-state index in [9.17, 15) is 0 Å². The van der Waals surface area contributed by atoms with Crippen molar-refractivity contribution in [2.75, 3.05) is 0 Å². The third-order valence-electron chi connectivity index (χ3n) is 1.38. The zero-order valence-electron chi connectivity index (χ0n) is 4.43. The number of hydrogen-bond acceptors (Lipinski definition) is 0. The van der Waals surface area contributed by atoms with Gasteiger partial charge in [0.25, 0.3) is 0 Å². The average molecular weight is 94.2 g/mol. The van der Waals surface area contributed by atoms with E-state index in [4.69, 9.17) is 6.92 Å². The Morgan fingerprint density at radius 3 is 2.57 bits per heavy atom. The summed E-state index contributed by atoms with van der Waals surface area (Å²) in [5, 5.41) is 0. The van der Waals surface area contributed by atoms with Crippen molar-refractivity contribution in [1.29, 1.82) is 0 Å². The molecule has 0 N–H and O–H groups in total. The molecule has 0 aromatic carbocycles. The Hall–Kier alpha value is -0.260. The number of hydrogen-bond donors (Lipinski definition) is 0. The lowest BCUT2D eigenvalue weighted by molar-refractivity contribution is 0.562. The molecule has 0 heteroatoms. The molecule has 0 amide bonds. The molecule has 1 rings (SSSR count). The van der Waals surface area contributed by atoms with Crippen LogP contribution in [0.2, 0.25) is 0 Å². The van der Waals surface area contributed by atoms with E-state index in [-0.39, 0.29) is 0 Å². The highest BCUT2D eigenvalue weighted by Gasteiger charge is 2.06. The van der Waals surface area contributed by atoms with Gasteiger partial charge >= 0.3 is 0 Å². The highest BCUT2D eigenvalue weighted by atomic mass is 14.1. The largest absolute Gasteiger partial charge is 0.0877 e. The molecule has 0 heterocycles. The fourth-order valence-corrected chi connectivity index (χ4v) is 0.757. The third kappa shape index (κ3) is 1.05. The van der Waals surface area contributed by atoms with Gasteiger partial charge in [-0.1, -0.05) is 12.2 Å². The minimum absolute atomic E-state index is 0.824. The van der Waals surface area contributed by atoms with Crippen LogP contribution in [0.25, 0.3) is 0 Å². The zero-order valence-corrected chi connectivity index (χ0v) is 4.43. The molecule has 0 aromatic rings. The van der Waals surface area contributed by atoms with E-state index in [2.05, 4.69) is 12.2 Å². The molecule has 0 aliphatic heterocycles. The fourth-order valence-electron chi connectivity index (χ4n) is 0.757. The summed E-state index contributed by atoms with van der Waals surface area (Å²) in [6.45, 7) is 5.30. The summed E-state index contributed by atoms with van der Waals surface area (Å²) >= 11 is 0. The van der Waals surface area contributed by atoms with Crippen LogP contribution in [-0.4, -0.2) is 0 Å². The number of allylic oxidation sites excluding steroid dienone is 2. The van der Waals surface area contributed by atoms with E-state index in [1.165, 1.54) is 12.8 Å². The second kappa shape index (κ2) is 2.15. The standard InChI is InChI=1S/C7H10/c1-2-4-7-5-3-6-7/h1,3,5,7H,2,4,6H2. The van der Waals surface area contributed by atoms with Gasteiger partial charge in [0, 0.05) is 0 Å². The minimum Gasteiger partial charge on any atom is -0.0877 e. The van der Waals surface area contributed by atoms with Crippen molar-refractivity contribution in [3.8, 4) is 0 Å². The van der Waals surface area contributed by atoms with Crippen LogP contribution in [0, 0.1) is 12.8 Å². The Morgan fingerprint density at radius 2 is 2.43 bits per heavy atom. The van der Waals surface area contributed by atoms with Crippen LogP contribution >= 0.6 is 0 Å². The molecule has 1 aliphatic carbocycles. The van der Waals surface area contributed by atoms with Gasteiger partial charge in [-0.25, -0.2) is 0 Å². The van der Waals surface area contributed by atoms with Crippen LogP contribution in [-0.2, 0) is 0 Å². The van der Waals surface area contributed by atoms with Gasteiger partial charge in [-0.2, -0.15) is 0 Å². The van der Waals surface area contributed by atoms with Gasteiger partial charge in [-0.3, -0.25) is 0 Å². The second-order valence-electron chi connectivity index (χ2n) is 2.00. The van der Waals surface area contributed by atoms with E-state index in [1.807, 2.05) is 0 Å². The molecule has 0 saturated heterocycles. The van der Waals surface area contributed by atoms with Gasteiger partial charge in [0.15, 0.2) is 0 Å². The van der Waals surface area contributed by atoms with Gasteiger partial charge in [0.05, 0.1) is 0 Å². The molecular weight excluding hydrogens is 84.1 g/mol. The lowest BCUT2D eigenvalue weighted by Gasteiger charge is -2.14. The van der Waals surface area contributed by atoms with Crippen LogP contribution in [0.4, 0.5) is 0 Å². The second-order valence-corrected chi connectivity index (χ2v) is 2.00. The first-order chi connectivity index (χ1) is 3.43. The summed E-state index contributed by atoms with van der Waals surface area (Å²) in [6, 6.07) is 0. The van der Waals surface area contributed by atoms with Crippen molar-refractivity contribution < 1.29 is 0 Å². The predicted molar refractivity (Wildman–Crippen MR) is 30.8 cm³/mol. The fraction of sp³-hybridized carbons (Fsp3) is 0.571. The van der Waals surface area contributed by atoms with Crippen molar-refractivity contribution in [2.45, 2.75) is 19.3 Å². The van der Waals surface area contributed by atoms with Gasteiger partial charge in [-0.15, -0.1) is 0 Å². The van der Waals surface area contributed by atoms with Crippen molar-refractivity contribution in [3.05, 3.63) is 19.1 Å². The van der Waals surface area contributed by atoms with Gasteiger partial charge < -0.3 is 0 Å². The summed E-state index contributed by atoms with van der Waals surface area (Å²) in [4.78, 5) is 0. The molecular formula is C7H10. The van der Waals surface area contributed by atoms with Gasteiger partial charge in [0.2, 0.25) is 0 Å². The maximum absolute atomic E-state index is 5.30. The summed E-state index contributed by atoms with van der Waals surface area (Å²) in [5.74, 6) is 0.824. The van der Waals surface area contributed by atoms with Crippen molar-refractivity contribution in [3.63, 3.8) is 0 Å². The molecule has 0 saturated carbocycles. The van der Waals surface area contributed by atoms with E-state index in [0.717, 1.165) is 12.3 Å². The minimum atomic E-state index is 0.824. The van der Waals surface area contributed by atoms with E-state index < -0.39 is 0 Å².